The molecule has 0 bridgehead atoms. The van der Waals surface area contributed by atoms with E-state index in [-0.39, 0.29) is 0 Å². The molecule has 5 heteroatoms. The summed E-state index contributed by atoms with van der Waals surface area (Å²) in [6.07, 6.45) is -1.43. The van der Waals surface area contributed by atoms with Crippen LogP contribution >= 0.6 is 12.6 Å². The first kappa shape index (κ1) is 10.3. The van der Waals surface area contributed by atoms with E-state index in [0.717, 1.165) is 12.1 Å². The maximum atomic E-state index is 12.4. The van der Waals surface area contributed by atoms with Crippen molar-refractivity contribution in [2.24, 2.45) is 0 Å². The minimum atomic E-state index is -4.32. The largest absolute Gasteiger partial charge is 0.416 e. The minimum Gasteiger partial charge on any atom is -0.263 e. The molecular formula is C10H6F3NS. The summed E-state index contributed by atoms with van der Waals surface area (Å²) in [6.45, 7) is 0. The second kappa shape index (κ2) is 3.41. The first-order valence-corrected chi connectivity index (χ1v) is 4.57. The third kappa shape index (κ3) is 1.92. The van der Waals surface area contributed by atoms with Gasteiger partial charge in [-0.05, 0) is 17.5 Å². The highest BCUT2D eigenvalue weighted by atomic mass is 32.1. The number of benzene rings is 1. The fourth-order valence-electron chi connectivity index (χ4n) is 1.34. The molecule has 0 amide bonds. The van der Waals surface area contributed by atoms with Gasteiger partial charge in [0.15, 0.2) is 0 Å². The molecule has 1 aromatic carbocycles. The van der Waals surface area contributed by atoms with Crippen LogP contribution in [0.1, 0.15) is 5.56 Å². The summed E-state index contributed by atoms with van der Waals surface area (Å²) in [5.41, 5.74) is -0.671. The highest BCUT2D eigenvalue weighted by molar-refractivity contribution is 7.80. The Morgan fingerprint density at radius 1 is 1.13 bits per heavy atom. The van der Waals surface area contributed by atoms with Crippen LogP contribution in [0.4, 0.5) is 13.2 Å². The van der Waals surface area contributed by atoms with Crippen LogP contribution in [-0.4, -0.2) is 4.98 Å². The number of fused-ring (bicyclic) bond motifs is 1. The summed E-state index contributed by atoms with van der Waals surface area (Å²) in [4.78, 5) is 4.36. The van der Waals surface area contributed by atoms with E-state index < -0.39 is 11.7 Å². The number of aromatic nitrogens is 1. The van der Waals surface area contributed by atoms with Gasteiger partial charge < -0.3 is 0 Å². The maximum Gasteiger partial charge on any atom is 0.416 e. The van der Waals surface area contributed by atoms with Crippen LogP contribution < -0.4 is 0 Å². The number of hydrogen-bond donors (Lipinski definition) is 1. The summed E-state index contributed by atoms with van der Waals surface area (Å²) < 4.78 is 37.1. The second-order valence-electron chi connectivity index (χ2n) is 3.09. The van der Waals surface area contributed by atoms with Gasteiger partial charge in [0.25, 0.3) is 0 Å². The molecule has 2 rings (SSSR count). The molecule has 0 aliphatic heterocycles. The Morgan fingerprint density at radius 2 is 1.87 bits per heavy atom. The predicted octanol–water partition coefficient (Wildman–Crippen LogP) is 3.54. The predicted molar refractivity (Wildman–Crippen MR) is 54.0 cm³/mol. The van der Waals surface area contributed by atoms with Gasteiger partial charge in [-0.1, -0.05) is 6.07 Å². The molecule has 0 saturated carbocycles. The monoisotopic (exact) mass is 229 g/mol. The average Bonchev–Trinajstić information content (AvgIpc) is 2.16. The molecule has 0 saturated heterocycles. The normalized spacial score (nSPS) is 12.0. The Hall–Kier alpha value is -1.23. The number of halogens is 3. The highest BCUT2D eigenvalue weighted by Gasteiger charge is 2.30. The fourth-order valence-corrected chi connectivity index (χ4v) is 1.61. The maximum absolute atomic E-state index is 12.4. The zero-order chi connectivity index (χ0) is 11.1. The Morgan fingerprint density at radius 3 is 2.53 bits per heavy atom. The molecule has 0 fully saturated rings. The van der Waals surface area contributed by atoms with E-state index in [1.807, 2.05) is 0 Å². The molecule has 0 atom stereocenters. The molecule has 0 spiro atoms. The van der Waals surface area contributed by atoms with Crippen LogP contribution in [0.25, 0.3) is 10.8 Å². The van der Waals surface area contributed by atoms with E-state index in [0.29, 0.717) is 15.7 Å². The first-order valence-electron chi connectivity index (χ1n) is 4.12. The van der Waals surface area contributed by atoms with Crippen molar-refractivity contribution in [2.75, 3.05) is 0 Å². The Balaban J connectivity index is 2.68. The van der Waals surface area contributed by atoms with Gasteiger partial charge in [-0.25, -0.2) is 0 Å². The standard InChI is InChI=1S/C10H6F3NS/c11-10(12,13)7-1-2-8-6(3-7)4-14-5-9(8)15/h1-5,15H. The van der Waals surface area contributed by atoms with E-state index in [2.05, 4.69) is 17.6 Å². The lowest BCUT2D eigenvalue weighted by Gasteiger charge is -2.08. The van der Waals surface area contributed by atoms with E-state index in [4.69, 9.17) is 0 Å². The van der Waals surface area contributed by atoms with Crippen LogP contribution in [0, 0.1) is 0 Å². The number of alkyl halides is 3. The molecule has 1 heterocycles. The van der Waals surface area contributed by atoms with Crippen molar-refractivity contribution in [3.05, 3.63) is 36.2 Å². The zero-order valence-electron chi connectivity index (χ0n) is 7.42. The number of pyridine rings is 1. The molecule has 2 aromatic rings. The molecule has 0 aliphatic carbocycles. The first-order chi connectivity index (χ1) is 6.98. The van der Waals surface area contributed by atoms with Crippen LogP contribution in [-0.2, 0) is 6.18 Å². The van der Waals surface area contributed by atoms with Crippen molar-refractivity contribution in [3.63, 3.8) is 0 Å². The van der Waals surface area contributed by atoms with Gasteiger partial charge in [0.05, 0.1) is 5.56 Å². The van der Waals surface area contributed by atoms with Crippen molar-refractivity contribution in [2.45, 2.75) is 11.1 Å². The summed E-state index contributed by atoms with van der Waals surface area (Å²) in [7, 11) is 0. The quantitative estimate of drug-likeness (QED) is 0.682. The summed E-state index contributed by atoms with van der Waals surface area (Å²) in [5.74, 6) is 0. The SMILES string of the molecule is FC(F)(F)c1ccc2c(S)cncc2c1. The third-order valence-corrected chi connectivity index (χ3v) is 2.42. The van der Waals surface area contributed by atoms with Crippen molar-refractivity contribution in [1.82, 2.24) is 4.98 Å². The van der Waals surface area contributed by atoms with E-state index in [1.54, 1.807) is 0 Å². The summed E-state index contributed by atoms with van der Waals surface area (Å²) in [5, 5.41) is 1.11. The van der Waals surface area contributed by atoms with E-state index >= 15 is 0 Å². The molecule has 1 aromatic heterocycles. The molecule has 0 radical (unpaired) electrons. The van der Waals surface area contributed by atoms with Gasteiger partial charge in [-0.3, -0.25) is 4.98 Å². The van der Waals surface area contributed by atoms with Gasteiger partial charge in [0, 0.05) is 22.7 Å². The van der Waals surface area contributed by atoms with Crippen molar-refractivity contribution in [3.8, 4) is 0 Å². The molecule has 0 N–H and O–H groups in total. The molecule has 0 unspecified atom stereocenters. The third-order valence-electron chi connectivity index (χ3n) is 2.07. The topological polar surface area (TPSA) is 12.9 Å². The van der Waals surface area contributed by atoms with Crippen molar-refractivity contribution in [1.29, 1.82) is 0 Å². The van der Waals surface area contributed by atoms with Crippen molar-refractivity contribution < 1.29 is 13.2 Å². The van der Waals surface area contributed by atoms with Gasteiger partial charge >= 0.3 is 6.18 Å². The summed E-state index contributed by atoms with van der Waals surface area (Å²) >= 11 is 4.11. The van der Waals surface area contributed by atoms with Crippen molar-refractivity contribution >= 4 is 23.4 Å². The van der Waals surface area contributed by atoms with Crippen LogP contribution in [0.15, 0.2) is 35.5 Å². The molecule has 15 heavy (non-hydrogen) atoms. The summed E-state index contributed by atoms with van der Waals surface area (Å²) in [6, 6.07) is 3.52. The van der Waals surface area contributed by atoms with Crippen LogP contribution in [0.2, 0.25) is 0 Å². The van der Waals surface area contributed by atoms with Crippen LogP contribution in [0.3, 0.4) is 0 Å². The number of hydrogen-bond acceptors (Lipinski definition) is 2. The van der Waals surface area contributed by atoms with Gasteiger partial charge in [-0.2, -0.15) is 13.2 Å². The molecule has 1 nitrogen and oxygen atoms in total. The zero-order valence-corrected chi connectivity index (χ0v) is 8.31. The van der Waals surface area contributed by atoms with Crippen LogP contribution in [0.5, 0.6) is 0 Å². The van der Waals surface area contributed by atoms with E-state index in [9.17, 15) is 13.2 Å². The minimum absolute atomic E-state index is 0.442. The van der Waals surface area contributed by atoms with E-state index in [1.165, 1.54) is 18.5 Å². The Bertz CT molecular complexity index is 507. The molecular weight excluding hydrogens is 223 g/mol. The van der Waals surface area contributed by atoms with Gasteiger partial charge in [0.2, 0.25) is 0 Å². The molecule has 78 valence electrons. The number of thiol groups is 1. The second-order valence-corrected chi connectivity index (χ2v) is 3.57. The van der Waals surface area contributed by atoms with Gasteiger partial charge in [-0.15, -0.1) is 12.6 Å². The van der Waals surface area contributed by atoms with Gasteiger partial charge in [0.1, 0.15) is 0 Å². The number of nitrogens with zero attached hydrogens (tertiary/aromatic N) is 1. The lowest BCUT2D eigenvalue weighted by Crippen LogP contribution is -2.04. The Kier molecular flexibility index (Phi) is 2.34. The average molecular weight is 229 g/mol. The smallest absolute Gasteiger partial charge is 0.263 e. The highest BCUT2D eigenvalue weighted by Crippen LogP contribution is 2.32. The Labute approximate surface area is 89.3 Å². The molecule has 0 aliphatic rings. The number of rotatable bonds is 0. The fraction of sp³-hybridized carbons (Fsp3) is 0.100. The lowest BCUT2D eigenvalue weighted by molar-refractivity contribution is -0.137. The lowest BCUT2D eigenvalue weighted by atomic mass is 10.1.